The molecule has 1 aromatic carbocycles. The molecule has 0 saturated heterocycles. The Morgan fingerprint density at radius 1 is 1.53 bits per heavy atom. The summed E-state index contributed by atoms with van der Waals surface area (Å²) in [7, 11) is 0. The topological polar surface area (TPSA) is 63.3 Å². The molecule has 78 valence electrons. The summed E-state index contributed by atoms with van der Waals surface area (Å²) in [6.45, 7) is 0. The minimum atomic E-state index is -0.841. The van der Waals surface area contributed by atoms with E-state index in [9.17, 15) is 4.79 Å². The van der Waals surface area contributed by atoms with E-state index in [-0.39, 0.29) is 6.42 Å². The number of hydrogen-bond acceptors (Lipinski definition) is 2. The summed E-state index contributed by atoms with van der Waals surface area (Å²) in [6.07, 6.45) is 0.391. The summed E-state index contributed by atoms with van der Waals surface area (Å²) in [5.41, 5.74) is 7.01. The highest BCUT2D eigenvalue weighted by atomic mass is 79.9. The summed E-state index contributed by atoms with van der Waals surface area (Å²) in [5, 5.41) is 8.41. The van der Waals surface area contributed by atoms with E-state index in [2.05, 4.69) is 27.8 Å². The smallest absolute Gasteiger partial charge is 0.304 e. The molecule has 1 rings (SSSR count). The van der Waals surface area contributed by atoms with E-state index in [1.807, 2.05) is 12.1 Å². The van der Waals surface area contributed by atoms with Crippen molar-refractivity contribution in [3.8, 4) is 11.8 Å². The van der Waals surface area contributed by atoms with Gasteiger partial charge in [0.15, 0.2) is 0 Å². The fourth-order valence-corrected chi connectivity index (χ4v) is 1.32. The lowest BCUT2D eigenvalue weighted by molar-refractivity contribution is -0.136. The van der Waals surface area contributed by atoms with E-state index >= 15 is 0 Å². The molecular weight excluding hydrogens is 258 g/mol. The molecule has 0 aliphatic rings. The number of carboxylic acids is 1. The highest BCUT2D eigenvalue weighted by Gasteiger charge is 1.96. The zero-order valence-electron chi connectivity index (χ0n) is 7.96. The van der Waals surface area contributed by atoms with Crippen LogP contribution >= 0.6 is 15.9 Å². The van der Waals surface area contributed by atoms with Gasteiger partial charge in [-0.25, -0.2) is 0 Å². The molecule has 0 aliphatic heterocycles. The molecule has 0 radical (unpaired) electrons. The fourth-order valence-electron chi connectivity index (χ4n) is 0.964. The standard InChI is InChI=1S/C11H10BrNO2/c12-9-5-6-10(13)8(7-9)3-1-2-4-11(14)15/h5-7H,2,4,13H2,(H,14,15). The van der Waals surface area contributed by atoms with Crippen LogP contribution in [0.1, 0.15) is 18.4 Å². The van der Waals surface area contributed by atoms with Crippen molar-refractivity contribution in [1.82, 2.24) is 0 Å². The van der Waals surface area contributed by atoms with Gasteiger partial charge in [-0.05, 0) is 18.2 Å². The molecule has 15 heavy (non-hydrogen) atoms. The molecule has 0 aliphatic carbocycles. The predicted molar refractivity (Wildman–Crippen MR) is 62.3 cm³/mol. The maximum absolute atomic E-state index is 10.2. The summed E-state index contributed by atoms with van der Waals surface area (Å²) in [6, 6.07) is 5.39. The molecule has 0 fully saturated rings. The monoisotopic (exact) mass is 267 g/mol. The number of halogens is 1. The maximum atomic E-state index is 10.2. The molecule has 3 N–H and O–H groups in total. The number of nitrogens with two attached hydrogens (primary N) is 1. The fraction of sp³-hybridized carbons (Fsp3) is 0.182. The number of carboxylic acid groups (broad SMARTS) is 1. The van der Waals surface area contributed by atoms with Crippen LogP contribution in [0.15, 0.2) is 22.7 Å². The number of benzene rings is 1. The first kappa shape index (κ1) is 11.6. The highest BCUT2D eigenvalue weighted by molar-refractivity contribution is 9.10. The zero-order valence-corrected chi connectivity index (χ0v) is 9.54. The van der Waals surface area contributed by atoms with E-state index in [1.54, 1.807) is 6.07 Å². The molecule has 0 atom stereocenters. The minimum absolute atomic E-state index is 0.0565. The number of hydrogen-bond donors (Lipinski definition) is 2. The molecule has 1 aromatic rings. The Morgan fingerprint density at radius 2 is 2.27 bits per heavy atom. The summed E-state index contributed by atoms with van der Waals surface area (Å²) < 4.78 is 0.902. The second-order valence-corrected chi connectivity index (χ2v) is 3.84. The van der Waals surface area contributed by atoms with Crippen LogP contribution in [0.4, 0.5) is 5.69 Å². The number of nitrogen functional groups attached to an aromatic ring is 1. The maximum Gasteiger partial charge on any atom is 0.304 e. The Balaban J connectivity index is 2.71. The van der Waals surface area contributed by atoms with Crippen molar-refractivity contribution in [3.05, 3.63) is 28.2 Å². The van der Waals surface area contributed by atoms with E-state index in [0.717, 1.165) is 10.0 Å². The first-order chi connectivity index (χ1) is 7.09. The van der Waals surface area contributed by atoms with Crippen molar-refractivity contribution in [2.24, 2.45) is 0 Å². The van der Waals surface area contributed by atoms with Crippen molar-refractivity contribution in [2.45, 2.75) is 12.8 Å². The molecule has 0 spiro atoms. The third-order valence-electron chi connectivity index (χ3n) is 1.70. The van der Waals surface area contributed by atoms with Crippen LogP contribution in [0.3, 0.4) is 0 Å². The van der Waals surface area contributed by atoms with E-state index < -0.39 is 5.97 Å². The van der Waals surface area contributed by atoms with Crippen molar-refractivity contribution in [3.63, 3.8) is 0 Å². The van der Waals surface area contributed by atoms with Crippen molar-refractivity contribution >= 4 is 27.6 Å². The van der Waals surface area contributed by atoms with Gasteiger partial charge in [-0.15, -0.1) is 0 Å². The highest BCUT2D eigenvalue weighted by Crippen LogP contribution is 2.17. The van der Waals surface area contributed by atoms with Crippen LogP contribution < -0.4 is 5.73 Å². The first-order valence-electron chi connectivity index (χ1n) is 4.35. The van der Waals surface area contributed by atoms with Gasteiger partial charge >= 0.3 is 5.97 Å². The zero-order chi connectivity index (χ0) is 11.3. The van der Waals surface area contributed by atoms with Crippen molar-refractivity contribution < 1.29 is 9.90 Å². The molecule has 0 amide bonds. The van der Waals surface area contributed by atoms with Gasteiger partial charge in [-0.3, -0.25) is 4.79 Å². The second-order valence-electron chi connectivity index (χ2n) is 2.93. The number of rotatable bonds is 2. The predicted octanol–water partition coefficient (Wildman–Crippen LogP) is 2.25. The van der Waals surface area contributed by atoms with Crippen LogP contribution in [0.2, 0.25) is 0 Å². The summed E-state index contributed by atoms with van der Waals surface area (Å²) >= 11 is 3.31. The van der Waals surface area contributed by atoms with E-state index in [4.69, 9.17) is 10.8 Å². The van der Waals surface area contributed by atoms with Gasteiger partial charge in [0.25, 0.3) is 0 Å². The third kappa shape index (κ3) is 4.05. The van der Waals surface area contributed by atoms with Gasteiger partial charge in [0.2, 0.25) is 0 Å². The quantitative estimate of drug-likeness (QED) is 0.638. The molecule has 4 heteroatoms. The molecule has 0 heterocycles. The van der Waals surface area contributed by atoms with E-state index in [0.29, 0.717) is 12.1 Å². The van der Waals surface area contributed by atoms with Crippen LogP contribution in [-0.4, -0.2) is 11.1 Å². The van der Waals surface area contributed by atoms with Crippen molar-refractivity contribution in [2.75, 3.05) is 5.73 Å². The van der Waals surface area contributed by atoms with Gasteiger partial charge in [-0.1, -0.05) is 27.8 Å². The van der Waals surface area contributed by atoms with Gasteiger partial charge < -0.3 is 10.8 Å². The lowest BCUT2D eigenvalue weighted by Gasteiger charge is -1.97. The number of anilines is 1. The van der Waals surface area contributed by atoms with Crippen LogP contribution in [0.25, 0.3) is 0 Å². The Morgan fingerprint density at radius 3 is 2.93 bits per heavy atom. The Bertz CT molecular complexity index is 432. The van der Waals surface area contributed by atoms with Gasteiger partial charge in [0.1, 0.15) is 0 Å². The van der Waals surface area contributed by atoms with Gasteiger partial charge in [0.05, 0.1) is 6.42 Å². The van der Waals surface area contributed by atoms with Crippen LogP contribution in [-0.2, 0) is 4.79 Å². The Labute approximate surface area is 96.4 Å². The molecule has 3 nitrogen and oxygen atoms in total. The molecule has 0 saturated carbocycles. The second kappa shape index (κ2) is 5.42. The Hall–Kier alpha value is -1.47. The average Bonchev–Trinajstić information content (AvgIpc) is 2.17. The lowest BCUT2D eigenvalue weighted by atomic mass is 10.2. The molecule has 0 unspecified atom stereocenters. The van der Waals surface area contributed by atoms with Gasteiger partial charge in [-0.2, -0.15) is 0 Å². The Kier molecular flexibility index (Phi) is 4.19. The summed E-state index contributed by atoms with van der Waals surface area (Å²) in [5.74, 6) is 4.77. The average molecular weight is 268 g/mol. The first-order valence-corrected chi connectivity index (χ1v) is 5.14. The number of aliphatic carboxylic acids is 1. The normalized spacial score (nSPS) is 9.13. The third-order valence-corrected chi connectivity index (χ3v) is 2.20. The SMILES string of the molecule is Nc1ccc(Br)cc1C#CCCC(=O)O. The largest absolute Gasteiger partial charge is 0.481 e. The van der Waals surface area contributed by atoms with E-state index in [1.165, 1.54) is 0 Å². The lowest BCUT2D eigenvalue weighted by Crippen LogP contribution is -1.92. The molecule has 0 bridgehead atoms. The molecule has 0 aromatic heterocycles. The minimum Gasteiger partial charge on any atom is -0.481 e. The molecular formula is C11H10BrNO2. The summed E-state index contributed by atoms with van der Waals surface area (Å²) in [4.78, 5) is 10.2. The van der Waals surface area contributed by atoms with Gasteiger partial charge in [0, 0.05) is 22.1 Å². The van der Waals surface area contributed by atoms with Crippen molar-refractivity contribution in [1.29, 1.82) is 0 Å². The van der Waals surface area contributed by atoms with Crippen LogP contribution in [0.5, 0.6) is 0 Å². The number of carbonyl (C=O) groups is 1. The van der Waals surface area contributed by atoms with Crippen LogP contribution in [0, 0.1) is 11.8 Å².